The Morgan fingerprint density at radius 1 is 1.32 bits per heavy atom. The fourth-order valence-corrected chi connectivity index (χ4v) is 1.67. The summed E-state index contributed by atoms with van der Waals surface area (Å²) in [5.41, 5.74) is 0.854. The summed E-state index contributed by atoms with van der Waals surface area (Å²) >= 11 is 0. The Kier molecular flexibility index (Phi) is 5.95. The highest BCUT2D eigenvalue weighted by atomic mass is 16.6. The van der Waals surface area contributed by atoms with Crippen LogP contribution in [0.2, 0.25) is 0 Å². The number of benzene rings is 1. The molecule has 0 aliphatic heterocycles. The predicted octanol–water partition coefficient (Wildman–Crippen LogP) is 1.21. The van der Waals surface area contributed by atoms with Gasteiger partial charge in [-0.2, -0.15) is 0 Å². The summed E-state index contributed by atoms with van der Waals surface area (Å²) < 4.78 is 0. The van der Waals surface area contributed by atoms with E-state index in [1.807, 2.05) is 0 Å². The van der Waals surface area contributed by atoms with Crippen LogP contribution < -0.4 is 5.32 Å². The molecule has 104 valence electrons. The van der Waals surface area contributed by atoms with Gasteiger partial charge < -0.3 is 10.2 Å². The first-order valence-corrected chi connectivity index (χ1v) is 6.15. The van der Waals surface area contributed by atoms with E-state index in [1.54, 1.807) is 37.2 Å². The molecule has 0 saturated carbocycles. The van der Waals surface area contributed by atoms with Crippen molar-refractivity contribution in [2.75, 3.05) is 27.2 Å². The van der Waals surface area contributed by atoms with E-state index in [4.69, 9.17) is 0 Å². The average molecular weight is 265 g/mol. The largest absolute Gasteiger partial charge is 0.349 e. The molecule has 6 nitrogen and oxygen atoms in total. The number of nitrogens with one attached hydrogen (secondary N) is 1. The van der Waals surface area contributed by atoms with Crippen LogP contribution in [0, 0.1) is 10.1 Å². The molecule has 1 N–H and O–H groups in total. The van der Waals surface area contributed by atoms with Crippen LogP contribution in [0.5, 0.6) is 0 Å². The monoisotopic (exact) mass is 265 g/mol. The van der Waals surface area contributed by atoms with Gasteiger partial charge in [-0.1, -0.05) is 18.2 Å². The van der Waals surface area contributed by atoms with Gasteiger partial charge in [-0.3, -0.25) is 14.9 Å². The van der Waals surface area contributed by atoms with E-state index in [0.29, 0.717) is 31.5 Å². The maximum absolute atomic E-state index is 11.3. The molecule has 0 radical (unpaired) electrons. The molecule has 0 heterocycles. The van der Waals surface area contributed by atoms with Gasteiger partial charge in [-0.05, 0) is 13.0 Å². The number of nitrogens with zero attached hydrogens (tertiary/aromatic N) is 2. The highest BCUT2D eigenvalue weighted by Crippen LogP contribution is 2.17. The lowest BCUT2D eigenvalue weighted by molar-refractivity contribution is -0.385. The maximum atomic E-state index is 11.3. The van der Waals surface area contributed by atoms with Crippen LogP contribution in [-0.4, -0.2) is 42.9 Å². The molecule has 0 spiro atoms. The van der Waals surface area contributed by atoms with Crippen LogP contribution in [0.4, 0.5) is 5.69 Å². The van der Waals surface area contributed by atoms with Crippen molar-refractivity contribution >= 4 is 11.6 Å². The van der Waals surface area contributed by atoms with Crippen molar-refractivity contribution in [1.82, 2.24) is 10.2 Å². The second-order valence-corrected chi connectivity index (χ2v) is 4.42. The third kappa shape index (κ3) is 5.05. The molecule has 1 rings (SSSR count). The third-order valence-corrected chi connectivity index (χ3v) is 2.77. The molecule has 1 aromatic carbocycles. The quantitative estimate of drug-likeness (QED) is 0.456. The molecular formula is C13H19N3O3. The Labute approximate surface area is 112 Å². The molecule has 19 heavy (non-hydrogen) atoms. The van der Waals surface area contributed by atoms with E-state index in [1.165, 1.54) is 6.07 Å². The summed E-state index contributed by atoms with van der Waals surface area (Å²) in [6.07, 6.45) is 1.01. The molecule has 0 aliphatic carbocycles. The van der Waals surface area contributed by atoms with E-state index >= 15 is 0 Å². The van der Waals surface area contributed by atoms with Crippen LogP contribution in [0.15, 0.2) is 24.3 Å². The van der Waals surface area contributed by atoms with E-state index in [9.17, 15) is 14.9 Å². The van der Waals surface area contributed by atoms with Crippen molar-refractivity contribution in [3.63, 3.8) is 0 Å². The van der Waals surface area contributed by atoms with Gasteiger partial charge in [0.15, 0.2) is 0 Å². The van der Waals surface area contributed by atoms with E-state index in [2.05, 4.69) is 5.32 Å². The molecule has 0 saturated heterocycles. The van der Waals surface area contributed by atoms with Gasteiger partial charge in [0.25, 0.3) is 5.69 Å². The summed E-state index contributed by atoms with van der Waals surface area (Å²) in [7, 11) is 3.44. The number of nitro groups is 1. The van der Waals surface area contributed by atoms with Crippen molar-refractivity contribution in [3.8, 4) is 0 Å². The smallest absolute Gasteiger partial charge is 0.272 e. The van der Waals surface area contributed by atoms with E-state index < -0.39 is 0 Å². The Morgan fingerprint density at radius 3 is 2.63 bits per heavy atom. The molecular weight excluding hydrogens is 246 g/mol. The van der Waals surface area contributed by atoms with Gasteiger partial charge in [-0.25, -0.2) is 0 Å². The average Bonchev–Trinajstić information content (AvgIpc) is 2.38. The lowest BCUT2D eigenvalue weighted by atomic mass is 10.1. The molecule has 1 aromatic rings. The van der Waals surface area contributed by atoms with Crippen LogP contribution in [0.1, 0.15) is 12.0 Å². The van der Waals surface area contributed by atoms with Gasteiger partial charge in [-0.15, -0.1) is 0 Å². The normalized spacial score (nSPS) is 10.2. The molecule has 1 amide bonds. The first kappa shape index (κ1) is 15.1. The van der Waals surface area contributed by atoms with Crippen LogP contribution in [0.25, 0.3) is 0 Å². The number of carbonyl (C=O) groups excluding carboxylic acids is 1. The molecule has 0 aliphatic rings. The summed E-state index contributed by atoms with van der Waals surface area (Å²) in [5.74, 6) is 0.0678. The van der Waals surface area contributed by atoms with Gasteiger partial charge in [0, 0.05) is 38.7 Å². The van der Waals surface area contributed by atoms with Crippen LogP contribution in [-0.2, 0) is 11.2 Å². The van der Waals surface area contributed by atoms with Crippen molar-refractivity contribution in [1.29, 1.82) is 0 Å². The zero-order chi connectivity index (χ0) is 14.3. The number of hydrogen-bond acceptors (Lipinski definition) is 4. The Balaban J connectivity index is 2.34. The lowest BCUT2D eigenvalue weighted by Gasteiger charge is -2.10. The fourth-order valence-electron chi connectivity index (χ4n) is 1.67. The van der Waals surface area contributed by atoms with Crippen molar-refractivity contribution in [2.24, 2.45) is 0 Å². The predicted molar refractivity (Wildman–Crippen MR) is 73.0 cm³/mol. The lowest BCUT2D eigenvalue weighted by Crippen LogP contribution is -2.27. The number of hydrogen-bond donors (Lipinski definition) is 1. The second kappa shape index (κ2) is 7.48. The topological polar surface area (TPSA) is 75.5 Å². The fraction of sp³-hybridized carbons (Fsp3) is 0.462. The summed E-state index contributed by atoms with van der Waals surface area (Å²) in [6, 6.07) is 6.71. The molecule has 0 unspecified atom stereocenters. The van der Waals surface area contributed by atoms with Crippen molar-refractivity contribution < 1.29 is 9.72 Å². The highest BCUT2D eigenvalue weighted by molar-refractivity contribution is 5.75. The minimum atomic E-state index is -0.370. The first-order chi connectivity index (χ1) is 9.02. The van der Waals surface area contributed by atoms with E-state index in [-0.39, 0.29) is 16.5 Å². The molecule has 0 atom stereocenters. The van der Waals surface area contributed by atoms with Crippen molar-refractivity contribution in [3.05, 3.63) is 39.9 Å². The summed E-state index contributed by atoms with van der Waals surface area (Å²) in [6.45, 7) is 1.20. The van der Waals surface area contributed by atoms with Gasteiger partial charge in [0.1, 0.15) is 0 Å². The van der Waals surface area contributed by atoms with Gasteiger partial charge >= 0.3 is 0 Å². The zero-order valence-electron chi connectivity index (χ0n) is 11.3. The standard InChI is InChI=1S/C13H19N3O3/c1-15(2)13(17)8-10-14-9-7-11-5-3-4-6-12(11)16(18)19/h3-6,14H,7-10H2,1-2H3. The molecule has 0 aromatic heterocycles. The zero-order valence-corrected chi connectivity index (χ0v) is 11.3. The maximum Gasteiger partial charge on any atom is 0.272 e. The Bertz CT molecular complexity index is 447. The summed E-state index contributed by atoms with van der Waals surface area (Å²) in [4.78, 5) is 23.3. The van der Waals surface area contributed by atoms with E-state index in [0.717, 1.165) is 0 Å². The van der Waals surface area contributed by atoms with Gasteiger partial charge in [0.05, 0.1) is 4.92 Å². The van der Waals surface area contributed by atoms with Crippen LogP contribution >= 0.6 is 0 Å². The SMILES string of the molecule is CN(C)C(=O)CCNCCc1ccccc1[N+](=O)[O-]. The molecule has 0 bridgehead atoms. The third-order valence-electron chi connectivity index (χ3n) is 2.77. The summed E-state index contributed by atoms with van der Waals surface area (Å²) in [5, 5.41) is 13.9. The number of nitro benzene ring substituents is 1. The first-order valence-electron chi connectivity index (χ1n) is 6.15. The van der Waals surface area contributed by atoms with Gasteiger partial charge in [0.2, 0.25) is 5.91 Å². The number of carbonyl (C=O) groups is 1. The Hall–Kier alpha value is -1.95. The van der Waals surface area contributed by atoms with Crippen molar-refractivity contribution in [2.45, 2.75) is 12.8 Å². The second-order valence-electron chi connectivity index (χ2n) is 4.42. The number of rotatable bonds is 7. The minimum Gasteiger partial charge on any atom is -0.349 e. The Morgan fingerprint density at radius 2 is 2.00 bits per heavy atom. The molecule has 0 fully saturated rings. The number of para-hydroxylation sites is 1. The minimum absolute atomic E-state index is 0.0678. The molecule has 6 heteroatoms. The highest BCUT2D eigenvalue weighted by Gasteiger charge is 2.11. The number of amides is 1. The van der Waals surface area contributed by atoms with Crippen LogP contribution in [0.3, 0.4) is 0 Å².